The fourth-order valence-electron chi connectivity index (χ4n) is 3.80. The second-order valence-corrected chi connectivity index (χ2v) is 12.5. The predicted octanol–water partition coefficient (Wildman–Crippen LogP) is 5.34. The Kier molecular flexibility index (Phi) is 8.29. The van der Waals surface area contributed by atoms with E-state index in [2.05, 4.69) is 32.5 Å². The lowest BCUT2D eigenvalue weighted by Crippen LogP contribution is -2.40. The lowest BCUT2D eigenvalue weighted by atomic mass is 10.1. The van der Waals surface area contributed by atoms with Gasteiger partial charge in [-0.05, 0) is 62.7 Å². The molecule has 37 heavy (non-hydrogen) atoms. The number of hydrogen-bond donors (Lipinski definition) is 4. The van der Waals surface area contributed by atoms with Gasteiger partial charge in [0.15, 0.2) is 0 Å². The molecule has 4 rings (SSSR count). The molecule has 9 heteroatoms. The number of sulfonamides is 1. The summed E-state index contributed by atoms with van der Waals surface area (Å²) in [6, 6.07) is 23.1. The maximum atomic E-state index is 13.5. The predicted molar refractivity (Wildman–Crippen MR) is 154 cm³/mol. The summed E-state index contributed by atoms with van der Waals surface area (Å²) in [5.41, 5.74) is 9.38. The van der Waals surface area contributed by atoms with E-state index in [4.69, 9.17) is 5.73 Å². The van der Waals surface area contributed by atoms with Crippen molar-refractivity contribution >= 4 is 32.7 Å². The average molecular weight is 536 g/mol. The van der Waals surface area contributed by atoms with Crippen molar-refractivity contribution < 1.29 is 8.42 Å². The summed E-state index contributed by atoms with van der Waals surface area (Å²) in [7, 11) is -3.79. The molecule has 0 aliphatic rings. The zero-order chi connectivity index (χ0) is 26.5. The summed E-state index contributed by atoms with van der Waals surface area (Å²) in [5.74, 6) is 0. The van der Waals surface area contributed by atoms with Crippen LogP contribution >= 0.6 is 11.3 Å². The van der Waals surface area contributed by atoms with Crippen molar-refractivity contribution in [3.8, 4) is 21.0 Å². The van der Waals surface area contributed by atoms with Gasteiger partial charge in [0.25, 0.3) is 0 Å². The normalized spacial score (nSPS) is 12.0. The molecule has 1 aromatic heterocycles. The van der Waals surface area contributed by atoms with Crippen molar-refractivity contribution in [2.75, 3.05) is 24.1 Å². The second-order valence-electron chi connectivity index (χ2n) is 9.81. The van der Waals surface area contributed by atoms with Gasteiger partial charge >= 0.3 is 0 Å². The summed E-state index contributed by atoms with van der Waals surface area (Å²) in [6.45, 7) is 7.65. The number of nitrogens with zero attached hydrogens (tertiary/aromatic N) is 1. The Hall–Kier alpha value is -3.24. The monoisotopic (exact) mass is 535 g/mol. The lowest BCUT2D eigenvalue weighted by molar-refractivity contribution is 0.491. The molecular weight excluding hydrogens is 502 g/mol. The smallest absolute Gasteiger partial charge is 0.241 e. The highest BCUT2D eigenvalue weighted by atomic mass is 32.2. The van der Waals surface area contributed by atoms with E-state index in [0.29, 0.717) is 17.8 Å². The number of nitrogens with two attached hydrogens (primary N) is 1. The van der Waals surface area contributed by atoms with Crippen molar-refractivity contribution in [3.05, 3.63) is 84.6 Å². The first kappa shape index (κ1) is 26.8. The van der Waals surface area contributed by atoms with Gasteiger partial charge in [0.05, 0.1) is 9.77 Å². The fraction of sp³-hybridized carbons (Fsp3) is 0.250. The van der Waals surface area contributed by atoms with Gasteiger partial charge < -0.3 is 16.4 Å². The third-order valence-corrected chi connectivity index (χ3v) is 8.32. The first-order valence-corrected chi connectivity index (χ1v) is 14.4. The van der Waals surface area contributed by atoms with Crippen LogP contribution in [0.2, 0.25) is 0 Å². The molecule has 0 radical (unpaired) electrons. The Morgan fingerprint density at radius 3 is 2.38 bits per heavy atom. The number of benzene rings is 3. The van der Waals surface area contributed by atoms with Gasteiger partial charge in [-0.2, -0.15) is 0 Å². The molecule has 1 heterocycles. The molecule has 0 spiro atoms. The minimum Gasteiger partial charge on any atom is -0.399 e. The zero-order valence-electron chi connectivity index (χ0n) is 21.3. The largest absolute Gasteiger partial charge is 0.399 e. The number of nitrogen functional groups attached to an aromatic ring is 1. The number of nitrogens with one attached hydrogen (secondary N) is 3. The minimum absolute atomic E-state index is 0.220. The number of hydrogen-bond acceptors (Lipinski definition) is 7. The lowest BCUT2D eigenvalue weighted by Gasteiger charge is -2.22. The molecule has 0 unspecified atom stereocenters. The fourth-order valence-corrected chi connectivity index (χ4v) is 6.49. The van der Waals surface area contributed by atoms with Crippen LogP contribution < -0.4 is 21.1 Å². The maximum absolute atomic E-state index is 13.5. The van der Waals surface area contributed by atoms with Gasteiger partial charge in [-0.15, -0.1) is 11.3 Å². The Labute approximate surface area is 223 Å². The number of thiazole rings is 1. The summed E-state index contributed by atoms with van der Waals surface area (Å²) in [4.78, 5) is 5.54. The average Bonchev–Trinajstić information content (AvgIpc) is 3.33. The van der Waals surface area contributed by atoms with E-state index < -0.39 is 15.6 Å². The van der Waals surface area contributed by atoms with Crippen molar-refractivity contribution in [1.29, 1.82) is 0 Å². The highest BCUT2D eigenvalue weighted by Gasteiger charge is 2.26. The number of anilines is 2. The molecule has 3 aromatic carbocycles. The summed E-state index contributed by atoms with van der Waals surface area (Å²) >= 11 is 1.45. The van der Waals surface area contributed by atoms with Crippen molar-refractivity contribution in [2.45, 2.75) is 37.8 Å². The Morgan fingerprint density at radius 1 is 0.946 bits per heavy atom. The molecular formula is C28H33N5O2S2. The van der Waals surface area contributed by atoms with Crippen LogP contribution in [-0.2, 0) is 16.6 Å². The van der Waals surface area contributed by atoms with Crippen LogP contribution in [0.4, 0.5) is 11.4 Å². The Bertz CT molecular complexity index is 1430. The molecule has 194 valence electrons. The van der Waals surface area contributed by atoms with Crippen molar-refractivity contribution in [3.63, 3.8) is 0 Å². The van der Waals surface area contributed by atoms with Crippen LogP contribution in [0.3, 0.4) is 0 Å². The van der Waals surface area contributed by atoms with Crippen molar-refractivity contribution in [1.82, 2.24) is 15.0 Å². The summed E-state index contributed by atoms with van der Waals surface area (Å²) in [5, 5.41) is 7.54. The van der Waals surface area contributed by atoms with Crippen LogP contribution in [0, 0.1) is 0 Å². The molecule has 0 atom stereocenters. The van der Waals surface area contributed by atoms with Crippen LogP contribution in [0.15, 0.2) is 83.9 Å². The number of rotatable bonds is 10. The second kappa shape index (κ2) is 11.4. The molecule has 0 aliphatic heterocycles. The van der Waals surface area contributed by atoms with E-state index >= 15 is 0 Å². The Balaban J connectivity index is 1.55. The van der Waals surface area contributed by atoms with E-state index in [-0.39, 0.29) is 4.90 Å². The van der Waals surface area contributed by atoms with Crippen LogP contribution in [0.5, 0.6) is 0 Å². The van der Waals surface area contributed by atoms with Gasteiger partial charge in [-0.3, -0.25) is 0 Å². The summed E-state index contributed by atoms with van der Waals surface area (Å²) < 4.78 is 29.7. The molecule has 0 aliphatic carbocycles. The third kappa shape index (κ3) is 7.39. The van der Waals surface area contributed by atoms with E-state index in [1.165, 1.54) is 16.9 Å². The maximum Gasteiger partial charge on any atom is 0.241 e. The highest BCUT2D eigenvalue weighted by Crippen LogP contribution is 2.37. The SMILES string of the molecule is CC(C)(C)NS(=O)(=O)c1cc(NCCNCc2ccccc2)ccc1-c1cnc(-c2ccc(N)cc2)s1. The summed E-state index contributed by atoms with van der Waals surface area (Å²) in [6.07, 6.45) is 1.72. The quantitative estimate of drug-likeness (QED) is 0.161. The highest BCUT2D eigenvalue weighted by molar-refractivity contribution is 7.89. The first-order valence-electron chi connectivity index (χ1n) is 12.1. The minimum atomic E-state index is -3.79. The van der Waals surface area contributed by atoms with Gasteiger partial charge in [0.1, 0.15) is 5.01 Å². The molecule has 0 fully saturated rings. The molecule has 0 saturated carbocycles. The van der Waals surface area contributed by atoms with Crippen molar-refractivity contribution in [2.24, 2.45) is 0 Å². The van der Waals surface area contributed by atoms with E-state index in [1.54, 1.807) is 12.3 Å². The third-order valence-electron chi connectivity index (χ3n) is 5.44. The molecule has 7 nitrogen and oxygen atoms in total. The van der Waals surface area contributed by atoms with E-state index in [1.807, 2.05) is 75.4 Å². The molecule has 0 amide bonds. The van der Waals surface area contributed by atoms with E-state index in [9.17, 15) is 8.42 Å². The zero-order valence-corrected chi connectivity index (χ0v) is 22.9. The first-order chi connectivity index (χ1) is 17.6. The van der Waals surface area contributed by atoms with Crippen LogP contribution in [0.1, 0.15) is 26.3 Å². The van der Waals surface area contributed by atoms with E-state index in [0.717, 1.165) is 34.2 Å². The van der Waals surface area contributed by atoms with Crippen LogP contribution in [0.25, 0.3) is 21.0 Å². The molecule has 5 N–H and O–H groups in total. The number of aromatic nitrogens is 1. The van der Waals surface area contributed by atoms with Gasteiger partial charge in [-0.25, -0.2) is 18.1 Å². The topological polar surface area (TPSA) is 109 Å². The molecule has 4 aromatic rings. The van der Waals surface area contributed by atoms with Gasteiger partial charge in [0, 0.05) is 53.9 Å². The Morgan fingerprint density at radius 2 is 1.68 bits per heavy atom. The van der Waals surface area contributed by atoms with Gasteiger partial charge in [0.2, 0.25) is 10.0 Å². The van der Waals surface area contributed by atoms with Gasteiger partial charge in [-0.1, -0.05) is 36.4 Å². The molecule has 0 bridgehead atoms. The van der Waals surface area contributed by atoms with Crippen LogP contribution in [-0.4, -0.2) is 32.0 Å². The molecule has 0 saturated heterocycles. The standard InChI is InChI=1S/C28H33N5O2S2/c1-28(2,3)33-37(34,35)26-17-23(31-16-15-30-18-20-7-5-4-6-8-20)13-14-24(26)25-19-32-27(36-25)21-9-11-22(29)12-10-21/h4-14,17,19,30-31,33H,15-16,18,29H2,1-3H3.